The van der Waals surface area contributed by atoms with Crippen molar-refractivity contribution in [2.75, 3.05) is 19.6 Å². The summed E-state index contributed by atoms with van der Waals surface area (Å²) in [6.07, 6.45) is 6.31. The lowest BCUT2D eigenvalue weighted by molar-refractivity contribution is 0.303. The maximum atomic E-state index is 11.9. The van der Waals surface area contributed by atoms with E-state index in [1.54, 1.807) is 37.6 Å². The van der Waals surface area contributed by atoms with Gasteiger partial charge in [-0.25, -0.2) is 0 Å². The minimum absolute atomic E-state index is 0.313. The third-order valence-corrected chi connectivity index (χ3v) is 7.39. The molecule has 3 aromatic rings. The average Bonchev–Trinajstić information content (AvgIpc) is 3.13. The first kappa shape index (κ1) is 21.1. The Morgan fingerprint density at radius 1 is 1.14 bits per heavy atom. The summed E-state index contributed by atoms with van der Waals surface area (Å²) in [5.41, 5.74) is 2.43. The van der Waals surface area contributed by atoms with E-state index in [4.69, 9.17) is 13.9 Å². The third kappa shape index (κ3) is 4.87. The quantitative estimate of drug-likeness (QED) is 0.450. The van der Waals surface area contributed by atoms with Crippen molar-refractivity contribution in [2.45, 2.75) is 6.61 Å². The molecule has 0 aliphatic rings. The lowest BCUT2D eigenvalue weighted by atomic mass is 10.1. The Morgan fingerprint density at radius 3 is 2.57 bits per heavy atom. The first-order valence-electron chi connectivity index (χ1n) is 8.24. The molecule has 8 heteroatoms. The van der Waals surface area contributed by atoms with Crippen LogP contribution in [0.25, 0.3) is 17.0 Å². The summed E-state index contributed by atoms with van der Waals surface area (Å²) in [4.78, 5) is 0. The molecule has 148 valence electrons. The highest BCUT2D eigenvalue weighted by Gasteiger charge is 2.21. The average molecular weight is 483 g/mol. The molecule has 0 fully saturated rings. The van der Waals surface area contributed by atoms with Gasteiger partial charge < -0.3 is 23.0 Å². The Kier molecular flexibility index (Phi) is 7.00. The van der Waals surface area contributed by atoms with Crippen molar-refractivity contribution in [1.82, 2.24) is 0 Å². The Morgan fingerprint density at radius 2 is 1.89 bits per heavy atom. The van der Waals surface area contributed by atoms with Gasteiger partial charge in [0.25, 0.3) is 0 Å². The second kappa shape index (κ2) is 9.28. The first-order valence-corrected chi connectivity index (χ1v) is 12.1. The van der Waals surface area contributed by atoms with E-state index in [2.05, 4.69) is 15.9 Å². The van der Waals surface area contributed by atoms with E-state index in [1.165, 1.54) is 12.5 Å². The van der Waals surface area contributed by atoms with E-state index in [1.807, 2.05) is 18.2 Å². The summed E-state index contributed by atoms with van der Waals surface area (Å²) < 4.78 is 41.8. The van der Waals surface area contributed by atoms with Crippen LogP contribution in [0.15, 0.2) is 55.8 Å². The molecular weight excluding hydrogens is 464 g/mol. The summed E-state index contributed by atoms with van der Waals surface area (Å²) in [7, 11) is 1.58. The molecule has 1 heterocycles. The van der Waals surface area contributed by atoms with E-state index in [0.717, 1.165) is 21.0 Å². The molecule has 0 spiro atoms. The van der Waals surface area contributed by atoms with Crippen molar-refractivity contribution in [3.05, 3.63) is 62.5 Å². The number of hydrogen-bond acceptors (Lipinski definition) is 5. The molecule has 2 atom stereocenters. The second-order valence-electron chi connectivity index (χ2n) is 5.98. The number of furan rings is 1. The van der Waals surface area contributed by atoms with Crippen LogP contribution in [0, 0.1) is 0 Å². The molecular formula is C20H19BrO5S2. The first-order chi connectivity index (χ1) is 13.4. The van der Waals surface area contributed by atoms with Crippen LogP contribution < -0.4 is 9.47 Å². The minimum Gasteiger partial charge on any atom is -0.608 e. The topological polar surface area (TPSA) is 77.7 Å². The molecule has 1 aromatic heterocycles. The summed E-state index contributed by atoms with van der Waals surface area (Å²) in [6, 6.07) is 11.2. The van der Waals surface area contributed by atoms with Crippen LogP contribution in [-0.4, -0.2) is 28.7 Å². The van der Waals surface area contributed by atoms with Gasteiger partial charge in [-0.3, -0.25) is 0 Å². The van der Waals surface area contributed by atoms with Crippen LogP contribution in [0.1, 0.15) is 11.1 Å². The fourth-order valence-corrected chi connectivity index (χ4v) is 5.21. The monoisotopic (exact) mass is 482 g/mol. The van der Waals surface area contributed by atoms with Crippen LogP contribution in [0.3, 0.4) is 0 Å². The number of fused-ring (bicyclic) bond motifs is 1. The van der Waals surface area contributed by atoms with E-state index < -0.39 is 22.4 Å². The molecule has 28 heavy (non-hydrogen) atoms. The standard InChI is InChI=1S/C20H19BrO5S2/c1-24-16-5-4-14(10-19(27(2)22)28(3)23)18(11-16)26-12-13-8-15-6-7-25-20(15)17(21)9-13/h4-11H,12H2,1-3H3. The minimum atomic E-state index is -1.35. The summed E-state index contributed by atoms with van der Waals surface area (Å²) >= 11 is 0.817. The van der Waals surface area contributed by atoms with Crippen LogP contribution in [0.4, 0.5) is 0 Å². The van der Waals surface area contributed by atoms with Crippen molar-refractivity contribution >= 4 is 55.3 Å². The largest absolute Gasteiger partial charge is 0.608 e. The van der Waals surface area contributed by atoms with Crippen LogP contribution >= 0.6 is 15.9 Å². The lowest BCUT2D eigenvalue weighted by Gasteiger charge is -2.13. The molecule has 0 saturated carbocycles. The highest BCUT2D eigenvalue weighted by atomic mass is 79.9. The Hall–Kier alpha value is -1.58. The normalized spacial score (nSPS) is 13.2. The zero-order valence-electron chi connectivity index (χ0n) is 15.6. The molecule has 0 saturated heterocycles. The van der Waals surface area contributed by atoms with Crippen LogP contribution in [-0.2, 0) is 29.0 Å². The summed E-state index contributed by atoms with van der Waals surface area (Å²) in [6.45, 7) is 0.313. The fourth-order valence-electron chi connectivity index (χ4n) is 2.69. The molecule has 2 aromatic carbocycles. The van der Waals surface area contributed by atoms with Gasteiger partial charge in [-0.15, -0.1) is 0 Å². The zero-order valence-corrected chi connectivity index (χ0v) is 18.8. The van der Waals surface area contributed by atoms with Gasteiger partial charge in [0.05, 0.1) is 23.9 Å². The Bertz CT molecular complexity index is 987. The number of rotatable bonds is 7. The van der Waals surface area contributed by atoms with E-state index >= 15 is 0 Å². The third-order valence-electron chi connectivity index (χ3n) is 4.02. The van der Waals surface area contributed by atoms with Gasteiger partial charge in [0, 0.05) is 39.4 Å². The van der Waals surface area contributed by atoms with Gasteiger partial charge in [-0.1, -0.05) is 0 Å². The maximum Gasteiger partial charge on any atom is 0.324 e. The highest BCUT2D eigenvalue weighted by molar-refractivity contribution is 9.10. The van der Waals surface area contributed by atoms with Gasteiger partial charge in [0.1, 0.15) is 36.2 Å². The van der Waals surface area contributed by atoms with Gasteiger partial charge in [-0.2, -0.15) is 0 Å². The van der Waals surface area contributed by atoms with Gasteiger partial charge in [0.15, 0.2) is 0 Å². The number of benzene rings is 2. The van der Waals surface area contributed by atoms with Crippen molar-refractivity contribution in [2.24, 2.45) is 0 Å². The van der Waals surface area contributed by atoms with Gasteiger partial charge in [0.2, 0.25) is 0 Å². The van der Waals surface area contributed by atoms with Gasteiger partial charge >= 0.3 is 4.24 Å². The molecule has 0 aliphatic carbocycles. The highest BCUT2D eigenvalue weighted by Crippen LogP contribution is 2.31. The zero-order chi connectivity index (χ0) is 20.3. The predicted octanol–water partition coefficient (Wildman–Crippen LogP) is 4.84. The second-order valence-corrected chi connectivity index (χ2v) is 9.79. The lowest BCUT2D eigenvalue weighted by Crippen LogP contribution is -2.11. The number of ether oxygens (including phenoxy) is 2. The molecule has 5 nitrogen and oxygen atoms in total. The number of halogens is 1. The summed E-state index contributed by atoms with van der Waals surface area (Å²) in [5.74, 6) is 1.19. The van der Waals surface area contributed by atoms with Crippen molar-refractivity contribution in [1.29, 1.82) is 0 Å². The molecule has 0 bridgehead atoms. The van der Waals surface area contributed by atoms with Crippen molar-refractivity contribution < 1.29 is 23.0 Å². The summed E-state index contributed by atoms with van der Waals surface area (Å²) in [5, 5.41) is 0.976. The SMILES string of the molecule is COc1ccc(C=C([S+](C)[O-])[S+](C)[O-])c(OCc2cc(Br)c3occc3c2)c1. The maximum absolute atomic E-state index is 11.9. The predicted molar refractivity (Wildman–Crippen MR) is 117 cm³/mol. The van der Waals surface area contributed by atoms with Gasteiger partial charge in [-0.05, 0) is 51.8 Å². The van der Waals surface area contributed by atoms with Crippen molar-refractivity contribution in [3.63, 3.8) is 0 Å². The molecule has 0 radical (unpaired) electrons. The van der Waals surface area contributed by atoms with E-state index in [0.29, 0.717) is 27.9 Å². The van der Waals surface area contributed by atoms with Crippen LogP contribution in [0.5, 0.6) is 11.5 Å². The number of methoxy groups -OCH3 is 1. The van der Waals surface area contributed by atoms with E-state index in [-0.39, 0.29) is 0 Å². The molecule has 3 rings (SSSR count). The fraction of sp³-hybridized carbons (Fsp3) is 0.200. The Labute approximate surface area is 178 Å². The Balaban J connectivity index is 1.92. The smallest absolute Gasteiger partial charge is 0.324 e. The van der Waals surface area contributed by atoms with Crippen molar-refractivity contribution in [3.8, 4) is 11.5 Å². The number of hydrogen-bond donors (Lipinski definition) is 0. The molecule has 0 aliphatic heterocycles. The molecule has 2 unspecified atom stereocenters. The van der Waals surface area contributed by atoms with E-state index in [9.17, 15) is 9.11 Å². The van der Waals surface area contributed by atoms with Crippen LogP contribution in [0.2, 0.25) is 0 Å². The molecule has 0 amide bonds. The molecule has 0 N–H and O–H groups in total.